The third kappa shape index (κ3) is 9.79. The number of carbonyl (C=O) groups excluding carboxylic acids is 2. The molecule has 2 aromatic heterocycles. The molecule has 0 bridgehead atoms. The second-order valence-corrected chi connectivity index (χ2v) is 11.0. The van der Waals surface area contributed by atoms with Gasteiger partial charge in [-0.1, -0.05) is 77.3 Å². The van der Waals surface area contributed by atoms with Crippen molar-refractivity contribution in [3.63, 3.8) is 0 Å². The molecule has 0 aliphatic rings. The van der Waals surface area contributed by atoms with Crippen LogP contribution in [0, 0.1) is 5.41 Å². The van der Waals surface area contributed by atoms with E-state index in [0.29, 0.717) is 23.2 Å². The number of hydrogen-bond donors (Lipinski definition) is 4. The Kier molecular flexibility index (Phi) is 11.0. The normalized spacial score (nSPS) is 10.9. The predicted octanol–water partition coefficient (Wildman–Crippen LogP) is 4.57. The number of aromatic nitrogens is 4. The molecule has 0 atom stereocenters. The van der Waals surface area contributed by atoms with E-state index in [9.17, 15) is 9.59 Å². The molecule has 40 heavy (non-hydrogen) atoms. The molecule has 2 heterocycles. The molecule has 0 radical (unpaired) electrons. The molecule has 12 heteroatoms. The quantitative estimate of drug-likeness (QED) is 0.120. The lowest BCUT2D eigenvalue weighted by Gasteiger charge is -2.05. The number of unbranched alkanes of at least 4 members (excludes halogenated alkanes) is 1. The molecular weight excluding hydrogens is 544 g/mol. The van der Waals surface area contributed by atoms with Crippen molar-refractivity contribution < 1.29 is 9.59 Å². The molecular formula is C28H30N8O2S2. The third-order valence-corrected chi connectivity index (χ3v) is 7.43. The van der Waals surface area contributed by atoms with Gasteiger partial charge in [-0.2, -0.15) is 0 Å². The van der Waals surface area contributed by atoms with Crippen LogP contribution in [0.3, 0.4) is 0 Å². The summed E-state index contributed by atoms with van der Waals surface area (Å²) in [6.45, 7) is 0.616. The van der Waals surface area contributed by atoms with Gasteiger partial charge >= 0.3 is 0 Å². The van der Waals surface area contributed by atoms with Gasteiger partial charge in [0.05, 0.1) is 12.8 Å². The molecule has 10 nitrogen and oxygen atoms in total. The first kappa shape index (κ1) is 28.7. The number of hydrogen-bond acceptors (Lipinski definition) is 10. The molecule has 0 aliphatic heterocycles. The van der Waals surface area contributed by atoms with E-state index >= 15 is 0 Å². The van der Waals surface area contributed by atoms with E-state index in [1.54, 1.807) is 12.3 Å². The second kappa shape index (κ2) is 15.3. The molecule has 4 N–H and O–H groups in total. The van der Waals surface area contributed by atoms with Gasteiger partial charge in [0.1, 0.15) is 10.0 Å². The van der Waals surface area contributed by atoms with Gasteiger partial charge in [0.2, 0.25) is 22.1 Å². The molecule has 0 saturated heterocycles. The van der Waals surface area contributed by atoms with Crippen LogP contribution >= 0.6 is 22.7 Å². The Morgan fingerprint density at radius 2 is 1.32 bits per heavy atom. The van der Waals surface area contributed by atoms with Gasteiger partial charge in [0.15, 0.2) is 0 Å². The van der Waals surface area contributed by atoms with Crippen LogP contribution in [0.1, 0.15) is 39.5 Å². The Morgan fingerprint density at radius 1 is 0.750 bits per heavy atom. The lowest BCUT2D eigenvalue weighted by Crippen LogP contribution is -2.14. The Bertz CT molecular complexity index is 1430. The summed E-state index contributed by atoms with van der Waals surface area (Å²) >= 11 is 2.78. The first-order chi connectivity index (χ1) is 19.6. The number of nitrogens with one attached hydrogen (secondary N) is 4. The molecule has 206 valence electrons. The number of anilines is 2. The van der Waals surface area contributed by atoms with Crippen LogP contribution in [-0.2, 0) is 41.8 Å². The summed E-state index contributed by atoms with van der Waals surface area (Å²) < 4.78 is 0. The fraction of sp³-hybridized carbons (Fsp3) is 0.250. The number of aryl methyl sites for hydroxylation is 2. The van der Waals surface area contributed by atoms with Crippen molar-refractivity contribution in [2.24, 2.45) is 0 Å². The monoisotopic (exact) mass is 574 g/mol. The number of nitrogens with zero attached hydrogens (tertiary/aromatic N) is 4. The summed E-state index contributed by atoms with van der Waals surface area (Å²) in [5.74, 6) is -0.248. The average molecular weight is 575 g/mol. The number of amides is 2. The maximum absolute atomic E-state index is 12.5. The standard InChI is InChI=1S/C28H30N8O2S2/c29-14-7-15-30-19-22-11-6-10-21(16-22)18-24(38)32-28-36-34-26(40-28)13-5-4-12-25-33-35-27(39-25)31-23(37)17-20-8-2-1-3-9-20/h1-3,6-11,14-16,29-30H,4-5,12-13,17-19H2,(H,31,35,37)(H,32,36,38)/b15-7-,29-14?. The van der Waals surface area contributed by atoms with Crippen molar-refractivity contribution in [3.8, 4) is 0 Å². The molecule has 0 spiro atoms. The number of carbonyl (C=O) groups is 2. The highest BCUT2D eigenvalue weighted by atomic mass is 32.1. The smallest absolute Gasteiger partial charge is 0.230 e. The zero-order valence-corrected chi connectivity index (χ0v) is 23.4. The van der Waals surface area contributed by atoms with Crippen LogP contribution in [-0.4, -0.2) is 38.4 Å². The van der Waals surface area contributed by atoms with Gasteiger partial charge in [0, 0.05) is 25.6 Å². The van der Waals surface area contributed by atoms with Gasteiger partial charge in [-0.25, -0.2) is 0 Å². The predicted molar refractivity (Wildman–Crippen MR) is 159 cm³/mol. The molecule has 0 aliphatic carbocycles. The molecule has 0 unspecified atom stereocenters. The molecule has 2 amide bonds. The van der Waals surface area contributed by atoms with Crippen LogP contribution in [0.25, 0.3) is 0 Å². The largest absolute Gasteiger partial charge is 0.387 e. The topological polar surface area (TPSA) is 146 Å². The van der Waals surface area contributed by atoms with Crippen LogP contribution in [0.4, 0.5) is 10.3 Å². The highest BCUT2D eigenvalue weighted by Gasteiger charge is 2.11. The van der Waals surface area contributed by atoms with Crippen LogP contribution < -0.4 is 16.0 Å². The molecule has 0 fully saturated rings. The summed E-state index contributed by atoms with van der Waals surface area (Å²) in [6, 6.07) is 17.4. The number of rotatable bonds is 15. The Hall–Kier alpha value is -4.29. The first-order valence-electron chi connectivity index (χ1n) is 12.8. The zero-order valence-electron chi connectivity index (χ0n) is 21.8. The Morgan fingerprint density at radius 3 is 1.95 bits per heavy atom. The van der Waals surface area contributed by atoms with Crippen molar-refractivity contribution >= 4 is 51.0 Å². The highest BCUT2D eigenvalue weighted by molar-refractivity contribution is 7.15. The minimum Gasteiger partial charge on any atom is -0.387 e. The number of benzene rings is 2. The minimum atomic E-state index is -0.139. The van der Waals surface area contributed by atoms with Gasteiger partial charge in [-0.3, -0.25) is 9.59 Å². The van der Waals surface area contributed by atoms with E-state index in [0.717, 1.165) is 52.4 Å². The average Bonchev–Trinajstić information content (AvgIpc) is 3.59. The molecule has 4 rings (SSSR count). The SMILES string of the molecule is N=C/C=C\NCc1cccc(CC(=O)Nc2nnc(CCCCc3nnc(NC(=O)Cc4ccccc4)s3)s2)c1. The first-order valence-corrected chi connectivity index (χ1v) is 14.5. The molecule has 4 aromatic rings. The number of allylic oxidation sites excluding steroid dienone is 1. The Labute approximate surface area is 240 Å². The van der Waals surface area contributed by atoms with Gasteiger partial charge in [0.25, 0.3) is 0 Å². The summed E-state index contributed by atoms with van der Waals surface area (Å²) in [6.07, 6.45) is 8.40. The summed E-state index contributed by atoms with van der Waals surface area (Å²) in [5.41, 5.74) is 2.91. The fourth-order valence-corrected chi connectivity index (χ4v) is 5.39. The maximum Gasteiger partial charge on any atom is 0.230 e. The summed E-state index contributed by atoms with van der Waals surface area (Å²) in [7, 11) is 0. The lowest BCUT2D eigenvalue weighted by molar-refractivity contribution is -0.116. The van der Waals surface area contributed by atoms with Gasteiger partial charge in [-0.15, -0.1) is 20.4 Å². The van der Waals surface area contributed by atoms with E-state index in [2.05, 4.69) is 36.3 Å². The maximum atomic E-state index is 12.5. The van der Waals surface area contributed by atoms with E-state index in [1.807, 2.05) is 54.6 Å². The third-order valence-electron chi connectivity index (χ3n) is 5.64. The van der Waals surface area contributed by atoms with Crippen molar-refractivity contribution in [3.05, 3.63) is 93.6 Å². The lowest BCUT2D eigenvalue weighted by atomic mass is 10.1. The zero-order chi connectivity index (χ0) is 28.0. The van der Waals surface area contributed by atoms with Crippen molar-refractivity contribution in [1.29, 1.82) is 5.41 Å². The fourth-order valence-electron chi connectivity index (χ4n) is 3.80. The van der Waals surface area contributed by atoms with E-state index in [4.69, 9.17) is 5.41 Å². The van der Waals surface area contributed by atoms with E-state index in [1.165, 1.54) is 28.9 Å². The Balaban J connectivity index is 1.14. The van der Waals surface area contributed by atoms with Crippen LogP contribution in [0.15, 0.2) is 66.9 Å². The van der Waals surface area contributed by atoms with Crippen LogP contribution in [0.2, 0.25) is 0 Å². The van der Waals surface area contributed by atoms with Crippen LogP contribution in [0.5, 0.6) is 0 Å². The van der Waals surface area contributed by atoms with Crippen molar-refractivity contribution in [1.82, 2.24) is 25.7 Å². The van der Waals surface area contributed by atoms with Gasteiger partial charge < -0.3 is 21.4 Å². The van der Waals surface area contributed by atoms with E-state index < -0.39 is 0 Å². The van der Waals surface area contributed by atoms with Crippen molar-refractivity contribution in [2.45, 2.75) is 45.1 Å². The minimum absolute atomic E-state index is 0.109. The second-order valence-electron chi connectivity index (χ2n) is 8.87. The van der Waals surface area contributed by atoms with E-state index in [-0.39, 0.29) is 18.2 Å². The summed E-state index contributed by atoms with van der Waals surface area (Å²) in [5, 5.41) is 35.1. The molecule has 0 saturated carbocycles. The summed E-state index contributed by atoms with van der Waals surface area (Å²) in [4.78, 5) is 24.7. The van der Waals surface area contributed by atoms with Crippen molar-refractivity contribution in [2.75, 3.05) is 10.6 Å². The molecule has 2 aromatic carbocycles. The highest BCUT2D eigenvalue weighted by Crippen LogP contribution is 2.20. The van der Waals surface area contributed by atoms with Gasteiger partial charge in [-0.05, 0) is 41.8 Å².